The first-order valence-corrected chi connectivity index (χ1v) is 10.6. The number of hydrogen-bond acceptors (Lipinski definition) is 5. The van der Waals surface area contributed by atoms with Gasteiger partial charge in [-0.15, -0.1) is 0 Å². The number of aryl methyl sites for hydroxylation is 1. The second kappa shape index (κ2) is 9.62. The lowest BCUT2D eigenvalue weighted by molar-refractivity contribution is -0.137. The van der Waals surface area contributed by atoms with E-state index in [1.54, 1.807) is 30.1 Å². The van der Waals surface area contributed by atoms with Crippen LogP contribution in [0.1, 0.15) is 28.8 Å². The van der Waals surface area contributed by atoms with Gasteiger partial charge in [0.1, 0.15) is 6.61 Å². The van der Waals surface area contributed by atoms with E-state index in [0.29, 0.717) is 23.7 Å². The number of hydrogen-bond donors (Lipinski definition) is 1. The number of anilines is 1. The molecular formula is C23H24F3N5O2. The van der Waals surface area contributed by atoms with E-state index < -0.39 is 17.6 Å². The highest BCUT2D eigenvalue weighted by Crippen LogP contribution is 2.32. The lowest BCUT2D eigenvalue weighted by atomic mass is 10.1. The summed E-state index contributed by atoms with van der Waals surface area (Å²) >= 11 is 0. The Kier molecular flexibility index (Phi) is 6.64. The van der Waals surface area contributed by atoms with E-state index in [2.05, 4.69) is 20.3 Å². The summed E-state index contributed by atoms with van der Waals surface area (Å²) in [5, 5.41) is 6.80. The molecule has 2 aromatic heterocycles. The van der Waals surface area contributed by atoms with Crippen LogP contribution in [0.2, 0.25) is 0 Å². The molecule has 0 unspecified atom stereocenters. The first-order chi connectivity index (χ1) is 15.8. The largest absolute Gasteiger partial charge is 0.476 e. The van der Waals surface area contributed by atoms with E-state index >= 15 is 0 Å². The quantitative estimate of drug-likeness (QED) is 0.573. The number of ether oxygens (including phenoxy) is 1. The Labute approximate surface area is 189 Å². The minimum Gasteiger partial charge on any atom is -0.476 e. The zero-order valence-corrected chi connectivity index (χ0v) is 18.1. The van der Waals surface area contributed by atoms with E-state index in [-0.39, 0.29) is 5.56 Å². The maximum absolute atomic E-state index is 13.0. The van der Waals surface area contributed by atoms with Gasteiger partial charge in [-0.25, -0.2) is 4.98 Å². The number of aromatic nitrogens is 3. The average molecular weight is 459 g/mol. The summed E-state index contributed by atoms with van der Waals surface area (Å²) < 4.78 is 46.6. The highest BCUT2D eigenvalue weighted by Gasteiger charge is 2.31. The minimum absolute atomic E-state index is 0.0992. The fraction of sp³-hybridized carbons (Fsp3) is 0.348. The molecule has 10 heteroatoms. The molecule has 4 rings (SSSR count). The normalized spacial score (nSPS) is 14.4. The summed E-state index contributed by atoms with van der Waals surface area (Å²) in [5.41, 5.74) is 0.705. The predicted octanol–water partition coefficient (Wildman–Crippen LogP) is 4.23. The molecule has 0 aliphatic carbocycles. The minimum atomic E-state index is -4.53. The van der Waals surface area contributed by atoms with Crippen LogP contribution in [0.25, 0.3) is 11.3 Å². The second-order valence-electron chi connectivity index (χ2n) is 7.85. The molecular weight excluding hydrogens is 435 g/mol. The fourth-order valence-electron chi connectivity index (χ4n) is 3.77. The molecule has 1 aromatic carbocycles. The number of likely N-dealkylation sites (tertiary alicyclic amines) is 1. The number of benzene rings is 1. The first kappa shape index (κ1) is 22.8. The molecule has 0 spiro atoms. The van der Waals surface area contributed by atoms with Gasteiger partial charge < -0.3 is 10.1 Å². The van der Waals surface area contributed by atoms with Crippen molar-refractivity contribution >= 4 is 11.6 Å². The lowest BCUT2D eigenvalue weighted by Crippen LogP contribution is -2.25. The van der Waals surface area contributed by atoms with Gasteiger partial charge in [0.2, 0.25) is 5.88 Å². The molecule has 1 N–H and O–H groups in total. The van der Waals surface area contributed by atoms with Crippen LogP contribution < -0.4 is 10.1 Å². The van der Waals surface area contributed by atoms with Crippen LogP contribution >= 0.6 is 0 Å². The summed E-state index contributed by atoms with van der Waals surface area (Å²) in [4.78, 5) is 19.3. The highest BCUT2D eigenvalue weighted by molar-refractivity contribution is 6.04. The van der Waals surface area contributed by atoms with E-state index in [1.165, 1.54) is 31.2 Å². The summed E-state index contributed by atoms with van der Waals surface area (Å²) in [6, 6.07) is 7.75. The van der Waals surface area contributed by atoms with Crippen molar-refractivity contribution in [3.05, 3.63) is 59.9 Å². The zero-order valence-electron chi connectivity index (χ0n) is 18.1. The number of carbonyl (C=O) groups is 1. The van der Waals surface area contributed by atoms with Crippen LogP contribution in [0, 0.1) is 0 Å². The Morgan fingerprint density at radius 1 is 1.18 bits per heavy atom. The third-order valence-corrected chi connectivity index (χ3v) is 5.50. The van der Waals surface area contributed by atoms with Crippen LogP contribution in [0.5, 0.6) is 5.88 Å². The summed E-state index contributed by atoms with van der Waals surface area (Å²) in [7, 11) is 1.78. The molecule has 3 aromatic rings. The molecule has 1 fully saturated rings. The van der Waals surface area contributed by atoms with Gasteiger partial charge in [0.05, 0.1) is 28.7 Å². The Morgan fingerprint density at radius 2 is 1.97 bits per heavy atom. The molecule has 1 aliphatic heterocycles. The Bertz CT molecular complexity index is 1120. The van der Waals surface area contributed by atoms with Gasteiger partial charge >= 0.3 is 6.18 Å². The van der Waals surface area contributed by atoms with E-state index in [0.717, 1.165) is 37.5 Å². The zero-order chi connectivity index (χ0) is 23.4. The molecule has 33 heavy (non-hydrogen) atoms. The van der Waals surface area contributed by atoms with Crippen LogP contribution in [0.15, 0.2) is 48.8 Å². The number of alkyl halides is 3. The lowest BCUT2D eigenvalue weighted by Gasteiger charge is -2.17. The van der Waals surface area contributed by atoms with Crippen molar-refractivity contribution in [3.63, 3.8) is 0 Å². The number of nitrogens with one attached hydrogen (secondary N) is 1. The Balaban J connectivity index is 1.54. The molecule has 1 amide bonds. The van der Waals surface area contributed by atoms with Gasteiger partial charge in [0.25, 0.3) is 5.91 Å². The standard InChI is InChI=1S/C23H24F3N5O2/c1-30-20(7-8-28-30)19-14-18(15-27-22(19)33-12-11-31-9-2-3-10-31)29-21(32)16-5-4-6-17(13-16)23(24,25)26/h4-8,13-15H,2-3,9-12H2,1H3,(H,29,32). The molecule has 0 radical (unpaired) electrons. The number of pyridine rings is 1. The monoisotopic (exact) mass is 459 g/mol. The van der Waals surface area contributed by atoms with Gasteiger partial charge in [-0.2, -0.15) is 18.3 Å². The number of nitrogens with zero attached hydrogens (tertiary/aromatic N) is 4. The second-order valence-corrected chi connectivity index (χ2v) is 7.85. The van der Waals surface area contributed by atoms with Crippen LogP contribution in [-0.4, -0.2) is 51.8 Å². The average Bonchev–Trinajstić information content (AvgIpc) is 3.46. The van der Waals surface area contributed by atoms with Crippen LogP contribution in [-0.2, 0) is 13.2 Å². The van der Waals surface area contributed by atoms with Gasteiger partial charge in [-0.1, -0.05) is 6.07 Å². The Morgan fingerprint density at radius 3 is 2.67 bits per heavy atom. The van der Waals surface area contributed by atoms with Crippen molar-refractivity contribution in [2.75, 3.05) is 31.6 Å². The Hall–Kier alpha value is -3.40. The third kappa shape index (κ3) is 5.51. The number of carbonyl (C=O) groups excluding carboxylic acids is 1. The maximum Gasteiger partial charge on any atom is 0.416 e. The van der Waals surface area contributed by atoms with Crippen molar-refractivity contribution in [2.45, 2.75) is 19.0 Å². The van der Waals surface area contributed by atoms with Gasteiger partial charge in [-0.05, 0) is 56.3 Å². The van der Waals surface area contributed by atoms with Crippen molar-refractivity contribution in [1.29, 1.82) is 0 Å². The number of amides is 1. The first-order valence-electron chi connectivity index (χ1n) is 10.6. The molecule has 1 saturated heterocycles. The SMILES string of the molecule is Cn1nccc1-c1cc(NC(=O)c2cccc(C(F)(F)F)c2)cnc1OCCN1CCCC1. The van der Waals surface area contributed by atoms with Gasteiger partial charge in [-0.3, -0.25) is 14.4 Å². The summed E-state index contributed by atoms with van der Waals surface area (Å²) in [6.45, 7) is 3.38. The fourth-order valence-corrected chi connectivity index (χ4v) is 3.77. The smallest absolute Gasteiger partial charge is 0.416 e. The van der Waals surface area contributed by atoms with Crippen molar-refractivity contribution in [2.24, 2.45) is 7.05 Å². The molecule has 1 aliphatic rings. The topological polar surface area (TPSA) is 72.3 Å². The maximum atomic E-state index is 13.0. The van der Waals surface area contributed by atoms with Gasteiger partial charge in [0.15, 0.2) is 0 Å². The molecule has 0 atom stereocenters. The van der Waals surface area contributed by atoms with Crippen molar-refractivity contribution in [1.82, 2.24) is 19.7 Å². The molecule has 3 heterocycles. The van der Waals surface area contributed by atoms with E-state index in [9.17, 15) is 18.0 Å². The summed E-state index contributed by atoms with van der Waals surface area (Å²) in [6.07, 6.45) is 0.921. The van der Waals surface area contributed by atoms with Gasteiger partial charge in [0, 0.05) is 25.4 Å². The molecule has 174 valence electrons. The third-order valence-electron chi connectivity index (χ3n) is 5.50. The van der Waals surface area contributed by atoms with Crippen molar-refractivity contribution < 1.29 is 22.7 Å². The van der Waals surface area contributed by atoms with Crippen molar-refractivity contribution in [3.8, 4) is 17.1 Å². The predicted molar refractivity (Wildman–Crippen MR) is 117 cm³/mol. The number of halogens is 3. The highest BCUT2D eigenvalue weighted by atomic mass is 19.4. The molecule has 7 nitrogen and oxygen atoms in total. The molecule has 0 saturated carbocycles. The van der Waals surface area contributed by atoms with Crippen LogP contribution in [0.4, 0.5) is 18.9 Å². The summed E-state index contributed by atoms with van der Waals surface area (Å²) in [5.74, 6) is -0.267. The van der Waals surface area contributed by atoms with E-state index in [1.807, 2.05) is 0 Å². The van der Waals surface area contributed by atoms with Crippen LogP contribution in [0.3, 0.4) is 0 Å². The molecule has 0 bridgehead atoms. The van der Waals surface area contributed by atoms with E-state index in [4.69, 9.17) is 4.74 Å². The number of rotatable bonds is 7.